The quantitative estimate of drug-likeness (QED) is 0.780. The van der Waals surface area contributed by atoms with E-state index in [1.54, 1.807) is 0 Å². The lowest BCUT2D eigenvalue weighted by molar-refractivity contribution is 0.223. The van der Waals surface area contributed by atoms with Crippen molar-refractivity contribution in [1.29, 1.82) is 0 Å². The molecule has 1 N–H and O–H groups in total. The van der Waals surface area contributed by atoms with Crippen LogP contribution in [0.25, 0.3) is 0 Å². The Labute approximate surface area is 117 Å². The van der Waals surface area contributed by atoms with Gasteiger partial charge in [-0.15, -0.1) is 0 Å². The maximum atomic E-state index is 4.76. The van der Waals surface area contributed by atoms with Crippen molar-refractivity contribution < 1.29 is 0 Å². The van der Waals surface area contributed by atoms with Crippen LogP contribution in [0, 0.1) is 5.92 Å². The van der Waals surface area contributed by atoms with Gasteiger partial charge in [-0.25, -0.2) is 0 Å². The smallest absolute Gasteiger partial charge is 0.0547 e. The fourth-order valence-electron chi connectivity index (χ4n) is 2.43. The Morgan fingerprint density at radius 1 is 1.32 bits per heavy atom. The molecule has 1 heterocycles. The van der Waals surface area contributed by atoms with Gasteiger partial charge in [-0.1, -0.05) is 26.8 Å². The molecule has 1 aliphatic rings. The first-order chi connectivity index (χ1) is 9.19. The van der Waals surface area contributed by atoms with Gasteiger partial charge >= 0.3 is 0 Å². The molecule has 0 amide bonds. The zero-order valence-electron chi connectivity index (χ0n) is 12.5. The number of hydrogen-bond acceptors (Lipinski definition) is 3. The van der Waals surface area contributed by atoms with Crippen LogP contribution in [0.1, 0.15) is 45.0 Å². The number of hydrogen-bond donors (Lipinski definition) is 1. The summed E-state index contributed by atoms with van der Waals surface area (Å²) >= 11 is 0. The zero-order valence-corrected chi connectivity index (χ0v) is 12.5. The van der Waals surface area contributed by atoms with Crippen LogP contribution >= 0.6 is 0 Å². The van der Waals surface area contributed by atoms with E-state index >= 15 is 0 Å². The summed E-state index contributed by atoms with van der Waals surface area (Å²) in [6.07, 6.45) is 2.73. The van der Waals surface area contributed by atoms with E-state index in [2.05, 4.69) is 49.2 Å². The summed E-state index contributed by atoms with van der Waals surface area (Å²) in [7, 11) is 0. The predicted molar refractivity (Wildman–Crippen MR) is 79.9 cm³/mol. The van der Waals surface area contributed by atoms with Crippen LogP contribution in [0.5, 0.6) is 0 Å². The fraction of sp³-hybridized carbons (Fsp3) is 0.688. The number of aromatic nitrogens is 1. The molecule has 0 radical (unpaired) electrons. The molecule has 0 bridgehead atoms. The first-order valence-electron chi connectivity index (χ1n) is 7.58. The summed E-state index contributed by atoms with van der Waals surface area (Å²) in [5.74, 6) is 0.727. The third-order valence-electron chi connectivity index (χ3n) is 3.45. The molecule has 0 aromatic carbocycles. The molecular weight excluding hydrogens is 234 g/mol. The van der Waals surface area contributed by atoms with Gasteiger partial charge in [0.15, 0.2) is 0 Å². The van der Waals surface area contributed by atoms with Gasteiger partial charge in [-0.2, -0.15) is 0 Å². The molecule has 1 saturated carbocycles. The van der Waals surface area contributed by atoms with Crippen molar-refractivity contribution in [3.05, 3.63) is 29.6 Å². The Morgan fingerprint density at radius 2 is 2.05 bits per heavy atom. The van der Waals surface area contributed by atoms with Crippen molar-refractivity contribution in [3.8, 4) is 0 Å². The highest BCUT2D eigenvalue weighted by molar-refractivity contribution is 5.11. The molecule has 3 nitrogen and oxygen atoms in total. The number of nitrogens with one attached hydrogen (secondary N) is 1. The summed E-state index contributed by atoms with van der Waals surface area (Å²) in [5.41, 5.74) is 2.36. The largest absolute Gasteiger partial charge is 0.311 e. The van der Waals surface area contributed by atoms with Gasteiger partial charge in [0.2, 0.25) is 0 Å². The second-order valence-corrected chi connectivity index (χ2v) is 5.96. The minimum absolute atomic E-state index is 0.727. The van der Waals surface area contributed by atoms with Gasteiger partial charge in [-0.3, -0.25) is 9.88 Å². The first kappa shape index (κ1) is 14.5. The van der Waals surface area contributed by atoms with E-state index in [1.807, 2.05) is 0 Å². The SMILES string of the molecule is CCNCc1cccc(CN(CC(C)C)C2CC2)n1. The molecule has 106 valence electrons. The third-order valence-corrected chi connectivity index (χ3v) is 3.45. The Kier molecular flexibility index (Phi) is 5.34. The van der Waals surface area contributed by atoms with Crippen molar-refractivity contribution in [3.63, 3.8) is 0 Å². The zero-order chi connectivity index (χ0) is 13.7. The molecule has 3 heteroatoms. The molecule has 19 heavy (non-hydrogen) atoms. The van der Waals surface area contributed by atoms with Gasteiger partial charge in [0.05, 0.1) is 11.4 Å². The Bertz CT molecular complexity index is 385. The van der Waals surface area contributed by atoms with E-state index in [1.165, 1.54) is 25.1 Å². The minimum atomic E-state index is 0.727. The summed E-state index contributed by atoms with van der Waals surface area (Å²) in [4.78, 5) is 7.36. The minimum Gasteiger partial charge on any atom is -0.311 e. The van der Waals surface area contributed by atoms with Gasteiger partial charge in [-0.05, 0) is 37.4 Å². The Morgan fingerprint density at radius 3 is 2.68 bits per heavy atom. The second-order valence-electron chi connectivity index (χ2n) is 5.96. The van der Waals surface area contributed by atoms with Gasteiger partial charge < -0.3 is 5.32 Å². The van der Waals surface area contributed by atoms with E-state index in [-0.39, 0.29) is 0 Å². The predicted octanol–water partition coefficient (Wildman–Crippen LogP) is 2.81. The average molecular weight is 261 g/mol. The lowest BCUT2D eigenvalue weighted by Crippen LogP contribution is -2.30. The van der Waals surface area contributed by atoms with E-state index in [0.717, 1.165) is 37.3 Å². The molecule has 0 saturated heterocycles. The number of pyridine rings is 1. The maximum absolute atomic E-state index is 4.76. The van der Waals surface area contributed by atoms with Crippen molar-refractivity contribution >= 4 is 0 Å². The lowest BCUT2D eigenvalue weighted by atomic mass is 10.2. The highest BCUT2D eigenvalue weighted by Gasteiger charge is 2.29. The Hall–Kier alpha value is -0.930. The molecule has 1 aromatic rings. The van der Waals surface area contributed by atoms with E-state index in [9.17, 15) is 0 Å². The molecule has 0 unspecified atom stereocenters. The molecule has 1 fully saturated rings. The van der Waals surface area contributed by atoms with E-state index in [4.69, 9.17) is 4.98 Å². The van der Waals surface area contributed by atoms with Crippen LogP contribution in [0.2, 0.25) is 0 Å². The van der Waals surface area contributed by atoms with Gasteiger partial charge in [0.25, 0.3) is 0 Å². The lowest BCUT2D eigenvalue weighted by Gasteiger charge is -2.23. The normalized spacial score (nSPS) is 15.4. The van der Waals surface area contributed by atoms with Crippen LogP contribution in [0.15, 0.2) is 18.2 Å². The summed E-state index contributed by atoms with van der Waals surface area (Å²) in [6.45, 7) is 10.8. The van der Waals surface area contributed by atoms with Crippen LogP contribution < -0.4 is 5.32 Å². The van der Waals surface area contributed by atoms with E-state index in [0.29, 0.717) is 0 Å². The monoisotopic (exact) mass is 261 g/mol. The highest BCUT2D eigenvalue weighted by Crippen LogP contribution is 2.28. The second kappa shape index (κ2) is 7.01. The van der Waals surface area contributed by atoms with Gasteiger partial charge in [0.1, 0.15) is 0 Å². The fourth-order valence-corrected chi connectivity index (χ4v) is 2.43. The molecular formula is C16H27N3. The van der Waals surface area contributed by atoms with Crippen LogP contribution in [-0.4, -0.2) is 29.0 Å². The maximum Gasteiger partial charge on any atom is 0.0547 e. The molecule has 0 atom stereocenters. The van der Waals surface area contributed by atoms with Crippen molar-refractivity contribution in [2.45, 2.75) is 52.7 Å². The molecule has 2 rings (SSSR count). The first-order valence-corrected chi connectivity index (χ1v) is 7.58. The summed E-state index contributed by atoms with van der Waals surface area (Å²) in [5, 5.41) is 3.34. The Balaban J connectivity index is 1.95. The van der Waals surface area contributed by atoms with Crippen molar-refractivity contribution in [1.82, 2.24) is 15.2 Å². The van der Waals surface area contributed by atoms with E-state index < -0.39 is 0 Å². The molecule has 0 aliphatic heterocycles. The third kappa shape index (κ3) is 4.92. The molecule has 0 spiro atoms. The number of rotatable bonds is 8. The van der Waals surface area contributed by atoms with Crippen molar-refractivity contribution in [2.24, 2.45) is 5.92 Å². The van der Waals surface area contributed by atoms with Gasteiger partial charge in [0, 0.05) is 25.7 Å². The molecule has 1 aliphatic carbocycles. The summed E-state index contributed by atoms with van der Waals surface area (Å²) < 4.78 is 0. The van der Waals surface area contributed by atoms with Crippen LogP contribution in [-0.2, 0) is 13.1 Å². The van der Waals surface area contributed by atoms with Crippen LogP contribution in [0.3, 0.4) is 0 Å². The van der Waals surface area contributed by atoms with Crippen LogP contribution in [0.4, 0.5) is 0 Å². The van der Waals surface area contributed by atoms with Crippen molar-refractivity contribution in [2.75, 3.05) is 13.1 Å². The topological polar surface area (TPSA) is 28.2 Å². The number of nitrogens with zero attached hydrogens (tertiary/aromatic N) is 2. The highest BCUT2D eigenvalue weighted by atomic mass is 15.2. The summed E-state index contributed by atoms with van der Waals surface area (Å²) in [6, 6.07) is 7.21. The standard InChI is InChI=1S/C16H27N3/c1-4-17-10-14-6-5-7-15(18-14)12-19(11-13(2)3)16-8-9-16/h5-7,13,16-17H,4,8-12H2,1-3H3. The molecule has 1 aromatic heterocycles. The average Bonchev–Trinajstić information content (AvgIpc) is 3.20.